The second-order valence-electron chi connectivity index (χ2n) is 7.12. The third-order valence-corrected chi connectivity index (χ3v) is 5.00. The summed E-state index contributed by atoms with van der Waals surface area (Å²) in [6.45, 7) is 10.3. The molecule has 156 valence electrons. The summed E-state index contributed by atoms with van der Waals surface area (Å²) in [6.07, 6.45) is 6.24. The maximum atomic E-state index is 10.4. The number of phenolic OH excluding ortho intramolecular Hbond substituents is 1. The molecule has 0 atom stereocenters. The lowest BCUT2D eigenvalue weighted by Gasteiger charge is -2.14. The summed E-state index contributed by atoms with van der Waals surface area (Å²) in [7, 11) is 0. The Hall–Kier alpha value is -2.78. The molecule has 0 spiro atoms. The van der Waals surface area contributed by atoms with E-state index in [9.17, 15) is 5.11 Å². The van der Waals surface area contributed by atoms with Gasteiger partial charge in [0.25, 0.3) is 0 Å². The second kappa shape index (κ2) is 11.4. The lowest BCUT2D eigenvalue weighted by Crippen LogP contribution is -3.00. The van der Waals surface area contributed by atoms with Gasteiger partial charge in [-0.1, -0.05) is 55.5 Å². The average Bonchev–Trinajstić information content (AvgIpc) is 2.75. The maximum Gasteiger partial charge on any atom is 0.123 e. The van der Waals surface area contributed by atoms with E-state index < -0.39 is 0 Å². The van der Waals surface area contributed by atoms with Crippen molar-refractivity contribution in [2.75, 3.05) is 0 Å². The van der Waals surface area contributed by atoms with Crippen LogP contribution in [-0.2, 0) is 25.9 Å². The normalized spacial score (nSPS) is 10.2. The SMILES string of the molecule is C=CCc1ccc(O)c(-c2ccc(OCc3ccc(CC)cc3)c(CC=C)c2)c1.[Br-]. The van der Waals surface area contributed by atoms with Gasteiger partial charge in [0.05, 0.1) is 0 Å². The predicted octanol–water partition coefficient (Wildman–Crippen LogP) is 3.66. The molecule has 0 fully saturated rings. The standard InChI is InChI=1S/C27H28O2.BrH/c1-4-7-21-13-15-26(28)25(17-21)23-14-16-27(24(18-23)8-5-2)29-19-22-11-9-20(6-3)10-12-22;/h4-5,9-18,28H,1-2,6-8,19H2,3H3;1H/p-1. The Bertz CT molecular complexity index is 990. The molecule has 3 heteroatoms. The van der Waals surface area contributed by atoms with Crippen LogP contribution in [0.5, 0.6) is 11.5 Å². The van der Waals surface area contributed by atoms with Gasteiger partial charge < -0.3 is 26.8 Å². The van der Waals surface area contributed by atoms with E-state index in [0.29, 0.717) is 13.0 Å². The van der Waals surface area contributed by atoms with Crippen molar-refractivity contribution in [1.82, 2.24) is 0 Å². The number of aryl methyl sites for hydroxylation is 1. The van der Waals surface area contributed by atoms with Gasteiger partial charge in [0, 0.05) is 5.56 Å². The monoisotopic (exact) mass is 463 g/mol. The molecule has 1 N–H and O–H groups in total. The Morgan fingerprint density at radius 2 is 1.50 bits per heavy atom. The highest BCUT2D eigenvalue weighted by molar-refractivity contribution is 5.72. The molecule has 0 aliphatic heterocycles. The van der Waals surface area contributed by atoms with E-state index in [-0.39, 0.29) is 22.7 Å². The third kappa shape index (κ3) is 5.87. The van der Waals surface area contributed by atoms with Crippen molar-refractivity contribution in [1.29, 1.82) is 0 Å². The van der Waals surface area contributed by atoms with Crippen LogP contribution in [0.4, 0.5) is 0 Å². The number of benzene rings is 3. The third-order valence-electron chi connectivity index (χ3n) is 5.00. The van der Waals surface area contributed by atoms with Crippen molar-refractivity contribution in [2.45, 2.75) is 32.8 Å². The largest absolute Gasteiger partial charge is 1.00 e. The first-order valence-corrected chi connectivity index (χ1v) is 10.0. The molecule has 3 rings (SSSR count). The van der Waals surface area contributed by atoms with Crippen LogP contribution in [-0.4, -0.2) is 5.11 Å². The van der Waals surface area contributed by atoms with Crippen LogP contribution in [0.2, 0.25) is 0 Å². The summed E-state index contributed by atoms with van der Waals surface area (Å²) in [5, 5.41) is 10.4. The molecular weight excluding hydrogens is 436 g/mol. The number of ether oxygens (including phenoxy) is 1. The highest BCUT2D eigenvalue weighted by atomic mass is 79.9. The molecular formula is C27H28BrO2-. The van der Waals surface area contributed by atoms with Crippen LogP contribution >= 0.6 is 0 Å². The van der Waals surface area contributed by atoms with Gasteiger partial charge in [0.1, 0.15) is 18.1 Å². The van der Waals surface area contributed by atoms with Crippen LogP contribution in [0.25, 0.3) is 11.1 Å². The molecule has 3 aromatic carbocycles. The highest BCUT2D eigenvalue weighted by Gasteiger charge is 2.10. The van der Waals surface area contributed by atoms with Crippen molar-refractivity contribution in [3.05, 3.63) is 108 Å². The maximum absolute atomic E-state index is 10.4. The predicted molar refractivity (Wildman–Crippen MR) is 121 cm³/mol. The minimum Gasteiger partial charge on any atom is -1.00 e. The van der Waals surface area contributed by atoms with Crippen molar-refractivity contribution >= 4 is 0 Å². The number of hydrogen-bond acceptors (Lipinski definition) is 2. The van der Waals surface area contributed by atoms with E-state index in [4.69, 9.17) is 4.74 Å². The lowest BCUT2D eigenvalue weighted by molar-refractivity contribution is -0.00000718. The number of halogens is 1. The molecule has 0 aliphatic carbocycles. The molecule has 2 nitrogen and oxygen atoms in total. The Morgan fingerprint density at radius 1 is 0.833 bits per heavy atom. The van der Waals surface area contributed by atoms with Gasteiger partial charge in [-0.2, -0.15) is 0 Å². The van der Waals surface area contributed by atoms with E-state index in [1.54, 1.807) is 6.07 Å². The molecule has 0 radical (unpaired) electrons. The van der Waals surface area contributed by atoms with E-state index in [1.165, 1.54) is 5.56 Å². The molecule has 0 bridgehead atoms. The number of aromatic hydroxyl groups is 1. The zero-order valence-electron chi connectivity index (χ0n) is 17.4. The topological polar surface area (TPSA) is 29.5 Å². The summed E-state index contributed by atoms with van der Waals surface area (Å²) < 4.78 is 6.11. The number of allylic oxidation sites excluding steroid dienone is 2. The minimum absolute atomic E-state index is 0. The first kappa shape index (κ1) is 23.5. The van der Waals surface area contributed by atoms with E-state index >= 15 is 0 Å². The fourth-order valence-corrected chi connectivity index (χ4v) is 3.34. The van der Waals surface area contributed by atoms with Crippen LogP contribution in [0.3, 0.4) is 0 Å². The fourth-order valence-electron chi connectivity index (χ4n) is 3.34. The van der Waals surface area contributed by atoms with Gasteiger partial charge in [0.2, 0.25) is 0 Å². The van der Waals surface area contributed by atoms with Crippen LogP contribution < -0.4 is 21.7 Å². The van der Waals surface area contributed by atoms with Crippen molar-refractivity contribution < 1.29 is 26.8 Å². The number of phenols is 1. The van der Waals surface area contributed by atoms with Crippen molar-refractivity contribution in [2.24, 2.45) is 0 Å². The Morgan fingerprint density at radius 3 is 2.17 bits per heavy atom. The summed E-state index contributed by atoms with van der Waals surface area (Å²) in [5.41, 5.74) is 6.42. The Kier molecular flexibility index (Phi) is 8.94. The second-order valence-corrected chi connectivity index (χ2v) is 7.12. The van der Waals surface area contributed by atoms with Gasteiger partial charge in [-0.25, -0.2) is 0 Å². The molecule has 30 heavy (non-hydrogen) atoms. The first-order valence-electron chi connectivity index (χ1n) is 10.0. The summed E-state index contributed by atoms with van der Waals surface area (Å²) >= 11 is 0. The quantitative estimate of drug-likeness (QED) is 0.490. The Labute approximate surface area is 190 Å². The molecule has 0 unspecified atom stereocenters. The first-order chi connectivity index (χ1) is 14.1. The molecule has 0 aromatic heterocycles. The van der Waals surface area contributed by atoms with Crippen LogP contribution in [0.1, 0.15) is 29.2 Å². The summed E-state index contributed by atoms with van der Waals surface area (Å²) in [5.74, 6) is 1.11. The minimum atomic E-state index is 0. The van der Waals surface area contributed by atoms with E-state index in [1.807, 2.05) is 36.4 Å². The zero-order chi connectivity index (χ0) is 20.6. The molecule has 0 aliphatic rings. The van der Waals surface area contributed by atoms with Gasteiger partial charge in [-0.3, -0.25) is 0 Å². The fraction of sp³-hybridized carbons (Fsp3) is 0.185. The van der Waals surface area contributed by atoms with Gasteiger partial charge in [-0.05, 0) is 71.3 Å². The van der Waals surface area contributed by atoms with E-state index in [0.717, 1.165) is 46.4 Å². The number of hydrogen-bond donors (Lipinski definition) is 1. The molecule has 0 amide bonds. The molecule has 3 aromatic rings. The van der Waals surface area contributed by atoms with E-state index in [2.05, 4.69) is 50.4 Å². The van der Waals surface area contributed by atoms with Gasteiger partial charge >= 0.3 is 0 Å². The van der Waals surface area contributed by atoms with Crippen LogP contribution in [0, 0.1) is 0 Å². The highest BCUT2D eigenvalue weighted by Crippen LogP contribution is 2.34. The van der Waals surface area contributed by atoms with Crippen molar-refractivity contribution in [3.63, 3.8) is 0 Å². The number of rotatable bonds is 9. The lowest BCUT2D eigenvalue weighted by atomic mass is 9.97. The zero-order valence-corrected chi connectivity index (χ0v) is 19.0. The molecule has 0 saturated heterocycles. The van der Waals surface area contributed by atoms with Crippen molar-refractivity contribution in [3.8, 4) is 22.6 Å². The van der Waals surface area contributed by atoms with Gasteiger partial charge in [0.15, 0.2) is 0 Å². The van der Waals surface area contributed by atoms with Gasteiger partial charge in [-0.15, -0.1) is 13.2 Å². The average molecular weight is 464 g/mol. The molecule has 0 saturated carbocycles. The summed E-state index contributed by atoms with van der Waals surface area (Å²) in [4.78, 5) is 0. The summed E-state index contributed by atoms with van der Waals surface area (Å²) in [6, 6.07) is 20.2. The Balaban J connectivity index is 0.00000320. The van der Waals surface area contributed by atoms with Crippen LogP contribution in [0.15, 0.2) is 86.0 Å². The smallest absolute Gasteiger partial charge is 0.123 e. The molecule has 0 heterocycles.